The highest BCUT2D eigenvalue weighted by atomic mass is 16.5. The van der Waals surface area contributed by atoms with E-state index >= 15 is 0 Å². The minimum atomic E-state index is 0.598. The first-order valence-electron chi connectivity index (χ1n) is 13.7. The van der Waals surface area contributed by atoms with Crippen LogP contribution in [0.15, 0.2) is 42.6 Å². The largest absolute Gasteiger partial charge is 0.378 e. The van der Waals surface area contributed by atoms with Crippen molar-refractivity contribution in [2.24, 2.45) is 7.05 Å². The number of ether oxygens (including phenoxy) is 1. The Morgan fingerprint density at radius 2 is 1.74 bits per heavy atom. The molecule has 2 fully saturated rings. The van der Waals surface area contributed by atoms with Crippen molar-refractivity contribution >= 4 is 16.9 Å². The van der Waals surface area contributed by atoms with Crippen LogP contribution in [0.25, 0.3) is 28.2 Å². The summed E-state index contributed by atoms with van der Waals surface area (Å²) in [5, 5.41) is 4.90. The van der Waals surface area contributed by atoms with Gasteiger partial charge in [0.05, 0.1) is 31.1 Å². The van der Waals surface area contributed by atoms with Gasteiger partial charge in [-0.3, -0.25) is 9.80 Å². The molecular weight excluding hydrogens is 476 g/mol. The molecule has 0 spiro atoms. The molecule has 2 aliphatic rings. The number of aromatic nitrogens is 5. The quantitative estimate of drug-likeness (QED) is 0.390. The summed E-state index contributed by atoms with van der Waals surface area (Å²) in [6, 6.07) is 13.2. The van der Waals surface area contributed by atoms with Crippen LogP contribution in [0.1, 0.15) is 25.2 Å². The van der Waals surface area contributed by atoms with Crippen molar-refractivity contribution in [2.75, 3.05) is 57.4 Å². The van der Waals surface area contributed by atoms with E-state index in [4.69, 9.17) is 19.8 Å². The van der Waals surface area contributed by atoms with Gasteiger partial charge >= 0.3 is 0 Å². The Labute approximate surface area is 224 Å². The Morgan fingerprint density at radius 1 is 0.947 bits per heavy atom. The zero-order valence-electron chi connectivity index (χ0n) is 23.0. The topological polar surface area (TPSA) is 67.5 Å². The predicted octanol–water partition coefficient (Wildman–Crippen LogP) is 3.49. The molecule has 2 aliphatic heterocycles. The lowest BCUT2D eigenvalue weighted by Gasteiger charge is -2.36. The zero-order chi connectivity index (χ0) is 26.2. The summed E-state index contributed by atoms with van der Waals surface area (Å²) < 4.78 is 9.71. The first kappa shape index (κ1) is 25.0. The average Bonchev–Trinajstić information content (AvgIpc) is 3.55. The highest BCUT2D eigenvalue weighted by Gasteiger charge is 2.24. The monoisotopic (exact) mass is 514 g/mol. The highest BCUT2D eigenvalue weighted by Crippen LogP contribution is 2.30. The second-order valence-corrected chi connectivity index (χ2v) is 10.8. The van der Waals surface area contributed by atoms with E-state index in [0.29, 0.717) is 6.04 Å². The summed E-state index contributed by atoms with van der Waals surface area (Å²) in [6.07, 6.45) is 2.00. The Bertz CT molecular complexity index is 1410. The summed E-state index contributed by atoms with van der Waals surface area (Å²) in [6.45, 7) is 14.9. The molecule has 6 rings (SSSR count). The fourth-order valence-corrected chi connectivity index (χ4v) is 5.52. The molecule has 0 atom stereocenters. The summed E-state index contributed by atoms with van der Waals surface area (Å²) in [7, 11) is 2.09. The van der Waals surface area contributed by atoms with Crippen molar-refractivity contribution < 1.29 is 4.74 Å². The van der Waals surface area contributed by atoms with Gasteiger partial charge in [0.2, 0.25) is 0 Å². The van der Waals surface area contributed by atoms with Crippen LogP contribution in [0.5, 0.6) is 0 Å². The Balaban J connectivity index is 1.36. The first-order chi connectivity index (χ1) is 18.5. The van der Waals surface area contributed by atoms with Crippen molar-refractivity contribution in [1.82, 2.24) is 34.1 Å². The van der Waals surface area contributed by atoms with Crippen molar-refractivity contribution in [3.05, 3.63) is 54.0 Å². The second kappa shape index (κ2) is 10.5. The van der Waals surface area contributed by atoms with Crippen molar-refractivity contribution in [3.8, 4) is 17.1 Å². The van der Waals surface area contributed by atoms with Crippen LogP contribution in [0.4, 0.5) is 5.69 Å². The van der Waals surface area contributed by atoms with E-state index < -0.39 is 0 Å². The molecular formula is C29H38N8O. The van der Waals surface area contributed by atoms with E-state index in [1.165, 1.54) is 5.56 Å². The van der Waals surface area contributed by atoms with E-state index in [9.17, 15) is 0 Å². The SMILES string of the molecule is Cc1cccc(-c2ccn(-c3cc(N4CCOCC4)c4nc(CN5CCN(C(C)C)CC5)n(C)c4n3)n2)c1. The molecule has 0 unspecified atom stereocenters. The number of fused-ring (bicyclic) bond motifs is 1. The normalized spacial score (nSPS) is 17.7. The molecule has 5 heterocycles. The maximum atomic E-state index is 5.65. The summed E-state index contributed by atoms with van der Waals surface area (Å²) in [5.74, 6) is 1.86. The Hall–Kier alpha value is -3.27. The third kappa shape index (κ3) is 4.93. The van der Waals surface area contributed by atoms with Gasteiger partial charge in [0.25, 0.3) is 0 Å². The molecule has 0 N–H and O–H groups in total. The standard InChI is InChI=1S/C29H38N8O/c1-21(2)35-12-10-34(11-13-35)20-27-30-28-25(36-14-16-38-17-15-36)19-26(31-29(28)33(27)4)37-9-8-24(32-37)23-7-5-6-22(3)18-23/h5-9,18-19,21H,10-17,20H2,1-4H3. The number of hydrogen-bond donors (Lipinski definition) is 0. The van der Waals surface area contributed by atoms with Gasteiger partial charge in [-0.25, -0.2) is 14.6 Å². The minimum Gasteiger partial charge on any atom is -0.378 e. The molecule has 200 valence electrons. The number of hydrogen-bond acceptors (Lipinski definition) is 7. The lowest BCUT2D eigenvalue weighted by atomic mass is 10.1. The van der Waals surface area contributed by atoms with E-state index in [-0.39, 0.29) is 0 Å². The molecule has 38 heavy (non-hydrogen) atoms. The van der Waals surface area contributed by atoms with Gasteiger partial charge in [0.1, 0.15) is 11.3 Å². The van der Waals surface area contributed by atoms with Crippen LogP contribution in [-0.2, 0) is 18.3 Å². The van der Waals surface area contributed by atoms with Crippen LogP contribution < -0.4 is 4.90 Å². The van der Waals surface area contributed by atoms with Gasteiger partial charge in [-0.15, -0.1) is 0 Å². The van der Waals surface area contributed by atoms with E-state index in [0.717, 1.165) is 98.8 Å². The molecule has 9 nitrogen and oxygen atoms in total. The third-order valence-electron chi connectivity index (χ3n) is 7.88. The molecule has 3 aromatic heterocycles. The van der Waals surface area contributed by atoms with Crippen LogP contribution in [0, 0.1) is 6.92 Å². The minimum absolute atomic E-state index is 0.598. The summed E-state index contributed by atoms with van der Waals surface area (Å²) in [5.41, 5.74) is 6.23. The van der Waals surface area contributed by atoms with Gasteiger partial charge in [0, 0.05) is 70.2 Å². The smallest absolute Gasteiger partial charge is 0.164 e. The highest BCUT2D eigenvalue weighted by molar-refractivity contribution is 5.88. The number of pyridine rings is 1. The Kier molecular flexibility index (Phi) is 6.90. The maximum absolute atomic E-state index is 5.65. The third-order valence-corrected chi connectivity index (χ3v) is 7.88. The number of nitrogens with zero attached hydrogens (tertiary/aromatic N) is 8. The van der Waals surface area contributed by atoms with Crippen molar-refractivity contribution in [2.45, 2.75) is 33.4 Å². The molecule has 0 saturated carbocycles. The lowest BCUT2D eigenvalue weighted by molar-refractivity contribution is 0.102. The van der Waals surface area contributed by atoms with Gasteiger partial charge in [-0.1, -0.05) is 23.8 Å². The van der Waals surface area contributed by atoms with Crippen molar-refractivity contribution in [1.29, 1.82) is 0 Å². The summed E-state index contributed by atoms with van der Waals surface area (Å²) >= 11 is 0. The van der Waals surface area contributed by atoms with Crippen LogP contribution >= 0.6 is 0 Å². The second-order valence-electron chi connectivity index (χ2n) is 10.8. The molecule has 0 radical (unpaired) electrons. The molecule has 9 heteroatoms. The molecule has 0 aliphatic carbocycles. The number of benzene rings is 1. The van der Waals surface area contributed by atoms with Crippen LogP contribution in [-0.4, -0.2) is 92.6 Å². The number of anilines is 1. The van der Waals surface area contributed by atoms with Crippen molar-refractivity contribution in [3.63, 3.8) is 0 Å². The number of aryl methyl sites for hydroxylation is 2. The van der Waals surface area contributed by atoms with Gasteiger partial charge in [-0.05, 0) is 32.9 Å². The maximum Gasteiger partial charge on any atom is 0.164 e. The average molecular weight is 515 g/mol. The number of rotatable bonds is 6. The van der Waals surface area contributed by atoms with E-state index in [1.54, 1.807) is 0 Å². The van der Waals surface area contributed by atoms with Gasteiger partial charge < -0.3 is 14.2 Å². The summed E-state index contributed by atoms with van der Waals surface area (Å²) in [4.78, 5) is 17.7. The molecule has 0 amide bonds. The van der Waals surface area contributed by atoms with Gasteiger partial charge in [0.15, 0.2) is 11.5 Å². The fraction of sp³-hybridized carbons (Fsp3) is 0.483. The molecule has 4 aromatic rings. The number of piperazine rings is 1. The predicted molar refractivity (Wildman–Crippen MR) is 151 cm³/mol. The molecule has 0 bridgehead atoms. The fourth-order valence-electron chi connectivity index (χ4n) is 5.52. The molecule has 2 saturated heterocycles. The van der Waals surface area contributed by atoms with Crippen LogP contribution in [0.3, 0.4) is 0 Å². The van der Waals surface area contributed by atoms with E-state index in [2.05, 4.69) is 83.5 Å². The Morgan fingerprint density at radius 3 is 2.47 bits per heavy atom. The lowest BCUT2D eigenvalue weighted by Crippen LogP contribution is -2.48. The first-order valence-corrected chi connectivity index (χ1v) is 13.7. The van der Waals surface area contributed by atoms with Crippen LogP contribution in [0.2, 0.25) is 0 Å². The zero-order valence-corrected chi connectivity index (χ0v) is 23.0. The number of imidazole rings is 1. The molecule has 1 aromatic carbocycles. The number of morpholine rings is 1. The van der Waals surface area contributed by atoms with Gasteiger partial charge in [-0.2, -0.15) is 5.10 Å². The van der Waals surface area contributed by atoms with E-state index in [1.807, 2.05) is 10.9 Å².